The lowest BCUT2D eigenvalue weighted by atomic mass is 10.0. The number of amides is 1. The van der Waals surface area contributed by atoms with Crippen LogP contribution in [0.1, 0.15) is 29.3 Å². The van der Waals surface area contributed by atoms with E-state index in [9.17, 15) is 4.79 Å². The van der Waals surface area contributed by atoms with Crippen LogP contribution in [0, 0.1) is 6.92 Å². The lowest BCUT2D eigenvalue weighted by molar-refractivity contribution is -0.0344. The van der Waals surface area contributed by atoms with Crippen molar-refractivity contribution in [3.63, 3.8) is 0 Å². The number of ether oxygens (including phenoxy) is 2. The average Bonchev–Trinajstić information content (AvgIpc) is 3.28. The Morgan fingerprint density at radius 1 is 1.36 bits per heavy atom. The van der Waals surface area contributed by atoms with Crippen LogP contribution < -0.4 is 4.74 Å². The summed E-state index contributed by atoms with van der Waals surface area (Å²) in [5.74, 6) is 0.849. The van der Waals surface area contributed by atoms with Crippen molar-refractivity contribution in [2.75, 3.05) is 26.8 Å². The summed E-state index contributed by atoms with van der Waals surface area (Å²) in [6.45, 7) is 6.36. The quantitative estimate of drug-likeness (QED) is 0.809. The molecule has 1 atom stereocenters. The van der Waals surface area contributed by atoms with Crippen molar-refractivity contribution in [1.29, 1.82) is 0 Å². The van der Waals surface area contributed by atoms with Crippen molar-refractivity contribution in [2.45, 2.75) is 32.4 Å². The van der Waals surface area contributed by atoms with Gasteiger partial charge in [0.1, 0.15) is 18.0 Å². The van der Waals surface area contributed by atoms with Crippen LogP contribution in [0.2, 0.25) is 0 Å². The first-order valence-electron chi connectivity index (χ1n) is 8.62. The summed E-state index contributed by atoms with van der Waals surface area (Å²) in [6.07, 6.45) is 4.17. The topological polar surface area (TPSA) is 56.6 Å². The van der Waals surface area contributed by atoms with Gasteiger partial charge >= 0.3 is 0 Å². The van der Waals surface area contributed by atoms with Crippen LogP contribution in [0.15, 0.2) is 36.7 Å². The van der Waals surface area contributed by atoms with E-state index in [1.165, 1.54) is 0 Å². The zero-order valence-electron chi connectivity index (χ0n) is 15.1. The van der Waals surface area contributed by atoms with Crippen molar-refractivity contribution < 1.29 is 14.3 Å². The van der Waals surface area contributed by atoms with Crippen molar-refractivity contribution >= 4 is 5.91 Å². The number of hydrogen-bond donors (Lipinski definition) is 0. The second-order valence-corrected chi connectivity index (χ2v) is 6.50. The smallest absolute Gasteiger partial charge is 0.257 e. The molecule has 1 fully saturated rings. The Morgan fingerprint density at radius 2 is 2.16 bits per heavy atom. The highest BCUT2D eigenvalue weighted by Crippen LogP contribution is 2.28. The molecular weight excluding hydrogens is 318 g/mol. The molecule has 0 bridgehead atoms. The summed E-state index contributed by atoms with van der Waals surface area (Å²) in [6, 6.07) is 7.92. The van der Waals surface area contributed by atoms with E-state index in [1.807, 2.05) is 43.0 Å². The third-order valence-corrected chi connectivity index (χ3v) is 4.83. The zero-order valence-corrected chi connectivity index (χ0v) is 15.1. The molecule has 1 aromatic heterocycles. The van der Waals surface area contributed by atoms with E-state index in [1.54, 1.807) is 24.2 Å². The molecule has 134 valence electrons. The van der Waals surface area contributed by atoms with E-state index in [4.69, 9.17) is 9.47 Å². The highest BCUT2D eigenvalue weighted by molar-refractivity contribution is 5.94. The Hall–Kier alpha value is -2.34. The van der Waals surface area contributed by atoms with Gasteiger partial charge in [-0.2, -0.15) is 5.10 Å². The van der Waals surface area contributed by atoms with E-state index in [0.29, 0.717) is 25.3 Å². The third kappa shape index (κ3) is 3.69. The maximum atomic E-state index is 12.7. The molecule has 3 rings (SSSR count). The number of benzene rings is 1. The number of rotatable bonds is 6. The van der Waals surface area contributed by atoms with E-state index >= 15 is 0 Å². The first-order valence-corrected chi connectivity index (χ1v) is 8.62. The molecule has 1 aliphatic rings. The highest BCUT2D eigenvalue weighted by atomic mass is 16.5. The molecule has 2 aromatic rings. The molecule has 6 heteroatoms. The number of aryl methyl sites for hydroxylation is 2. The summed E-state index contributed by atoms with van der Waals surface area (Å²) in [5, 5.41) is 4.18. The minimum atomic E-state index is -0.474. The lowest BCUT2D eigenvalue weighted by Crippen LogP contribution is -2.42. The lowest BCUT2D eigenvalue weighted by Gasteiger charge is -2.28. The Morgan fingerprint density at radius 3 is 2.84 bits per heavy atom. The average molecular weight is 343 g/mol. The van der Waals surface area contributed by atoms with Crippen LogP contribution in [0.5, 0.6) is 5.75 Å². The van der Waals surface area contributed by atoms with E-state index < -0.39 is 5.60 Å². The Labute approximate surface area is 148 Å². The van der Waals surface area contributed by atoms with Gasteiger partial charge in [-0.3, -0.25) is 9.48 Å². The number of carbonyl (C=O) groups excluding carboxylic acids is 1. The molecule has 0 radical (unpaired) electrons. The SMILES string of the molecule is CCn1cc(C(=O)N2CCC(COc3ccccc3C)(OC)C2)cn1. The molecule has 0 N–H and O–H groups in total. The molecule has 1 unspecified atom stereocenters. The van der Waals surface area contributed by atoms with Crippen LogP contribution in [0.3, 0.4) is 0 Å². The second kappa shape index (κ2) is 7.27. The summed E-state index contributed by atoms with van der Waals surface area (Å²) < 4.78 is 13.5. The first-order chi connectivity index (χ1) is 12.1. The Bertz CT molecular complexity index is 743. The van der Waals surface area contributed by atoms with Gasteiger partial charge in [0.25, 0.3) is 5.91 Å². The zero-order chi connectivity index (χ0) is 17.9. The molecule has 0 aliphatic carbocycles. The predicted molar refractivity (Wildman–Crippen MR) is 94.8 cm³/mol. The van der Waals surface area contributed by atoms with E-state index in [-0.39, 0.29) is 5.91 Å². The fraction of sp³-hybridized carbons (Fsp3) is 0.474. The molecule has 0 spiro atoms. The number of aromatic nitrogens is 2. The maximum absolute atomic E-state index is 12.7. The van der Waals surface area contributed by atoms with Gasteiger partial charge in [0.05, 0.1) is 18.3 Å². The molecule has 6 nitrogen and oxygen atoms in total. The van der Waals surface area contributed by atoms with Gasteiger partial charge in [0, 0.05) is 26.4 Å². The van der Waals surface area contributed by atoms with Gasteiger partial charge in [-0.15, -0.1) is 0 Å². The largest absolute Gasteiger partial charge is 0.490 e. The summed E-state index contributed by atoms with van der Waals surface area (Å²) in [7, 11) is 1.68. The number of nitrogens with zero attached hydrogens (tertiary/aromatic N) is 3. The summed E-state index contributed by atoms with van der Waals surface area (Å²) in [4.78, 5) is 14.5. The summed E-state index contributed by atoms with van der Waals surface area (Å²) in [5.41, 5.74) is 1.24. The number of methoxy groups -OCH3 is 1. The van der Waals surface area contributed by atoms with Gasteiger partial charge in [0.15, 0.2) is 0 Å². The number of hydrogen-bond acceptors (Lipinski definition) is 4. The molecule has 1 saturated heterocycles. The normalized spacial score (nSPS) is 20.0. The fourth-order valence-corrected chi connectivity index (χ4v) is 3.12. The van der Waals surface area contributed by atoms with E-state index in [2.05, 4.69) is 5.10 Å². The third-order valence-electron chi connectivity index (χ3n) is 4.83. The summed E-state index contributed by atoms with van der Waals surface area (Å²) >= 11 is 0. The monoisotopic (exact) mass is 343 g/mol. The van der Waals surface area contributed by atoms with Crippen LogP contribution >= 0.6 is 0 Å². The van der Waals surface area contributed by atoms with Crippen LogP contribution in [0.4, 0.5) is 0 Å². The molecule has 1 aromatic carbocycles. The minimum absolute atomic E-state index is 0.00508. The molecule has 0 saturated carbocycles. The predicted octanol–water partition coefficient (Wildman–Crippen LogP) is 2.52. The van der Waals surface area contributed by atoms with Gasteiger partial charge in [-0.25, -0.2) is 0 Å². The van der Waals surface area contributed by atoms with Gasteiger partial charge in [-0.1, -0.05) is 18.2 Å². The number of carbonyl (C=O) groups is 1. The molecular formula is C19H25N3O3. The van der Waals surface area contributed by atoms with Crippen molar-refractivity contribution in [3.05, 3.63) is 47.8 Å². The van der Waals surface area contributed by atoms with Crippen molar-refractivity contribution in [3.8, 4) is 5.75 Å². The van der Waals surface area contributed by atoms with Gasteiger partial charge in [-0.05, 0) is 31.9 Å². The van der Waals surface area contributed by atoms with Crippen molar-refractivity contribution in [2.24, 2.45) is 0 Å². The van der Waals surface area contributed by atoms with Crippen LogP contribution in [-0.2, 0) is 11.3 Å². The van der Waals surface area contributed by atoms with Gasteiger partial charge in [0.2, 0.25) is 0 Å². The van der Waals surface area contributed by atoms with E-state index in [0.717, 1.165) is 24.3 Å². The Balaban J connectivity index is 1.65. The maximum Gasteiger partial charge on any atom is 0.257 e. The fourth-order valence-electron chi connectivity index (χ4n) is 3.12. The van der Waals surface area contributed by atoms with Crippen molar-refractivity contribution in [1.82, 2.24) is 14.7 Å². The molecule has 25 heavy (non-hydrogen) atoms. The van der Waals surface area contributed by atoms with Crippen LogP contribution in [-0.4, -0.2) is 53.0 Å². The first kappa shape index (κ1) is 17.5. The standard InChI is InChI=1S/C19H25N3O3/c1-4-22-12-16(11-20-22)18(23)21-10-9-19(13-21,24-3)14-25-17-8-6-5-7-15(17)2/h5-8,11-12H,4,9-10,13-14H2,1-3H3. The molecule has 1 aliphatic heterocycles. The number of para-hydroxylation sites is 1. The number of likely N-dealkylation sites (tertiary alicyclic amines) is 1. The second-order valence-electron chi connectivity index (χ2n) is 6.50. The minimum Gasteiger partial charge on any atom is -0.490 e. The molecule has 1 amide bonds. The highest BCUT2D eigenvalue weighted by Gasteiger charge is 2.41. The molecule has 2 heterocycles. The van der Waals surface area contributed by atoms with Crippen LogP contribution in [0.25, 0.3) is 0 Å². The van der Waals surface area contributed by atoms with Gasteiger partial charge < -0.3 is 14.4 Å². The Kier molecular flexibility index (Phi) is 5.08.